The van der Waals surface area contributed by atoms with Crippen LogP contribution < -0.4 is 5.32 Å². The highest BCUT2D eigenvalue weighted by Crippen LogP contribution is 2.30. The van der Waals surface area contributed by atoms with Crippen LogP contribution in [0.25, 0.3) is 11.4 Å². The molecule has 0 aliphatic carbocycles. The first-order valence-electron chi connectivity index (χ1n) is 11.2. The van der Waals surface area contributed by atoms with Crippen LogP contribution in [-0.2, 0) is 23.8 Å². The summed E-state index contributed by atoms with van der Waals surface area (Å²) in [5.74, 6) is 1.33. The molecule has 1 amide bonds. The Morgan fingerprint density at radius 1 is 1.18 bits per heavy atom. The second-order valence-electron chi connectivity index (χ2n) is 8.39. The van der Waals surface area contributed by atoms with Crippen molar-refractivity contribution in [2.45, 2.75) is 45.3 Å². The molecule has 34 heavy (non-hydrogen) atoms. The largest absolute Gasteiger partial charge is 0.416 e. The third-order valence-corrected chi connectivity index (χ3v) is 6.01. The van der Waals surface area contributed by atoms with E-state index in [1.165, 1.54) is 12.1 Å². The first kappa shape index (κ1) is 23.7. The van der Waals surface area contributed by atoms with Crippen molar-refractivity contribution < 1.29 is 18.0 Å². The summed E-state index contributed by atoms with van der Waals surface area (Å²) in [4.78, 5) is 28.0. The van der Waals surface area contributed by atoms with Gasteiger partial charge in [0.2, 0.25) is 5.91 Å². The van der Waals surface area contributed by atoms with Crippen LogP contribution in [0.5, 0.6) is 0 Å². The number of benzene rings is 1. The van der Waals surface area contributed by atoms with Gasteiger partial charge in [-0.1, -0.05) is 12.1 Å². The van der Waals surface area contributed by atoms with Gasteiger partial charge in [0.25, 0.3) is 0 Å². The quantitative estimate of drug-likeness (QED) is 0.568. The summed E-state index contributed by atoms with van der Waals surface area (Å²) in [6, 6.07) is 8.64. The van der Waals surface area contributed by atoms with Gasteiger partial charge in [0.1, 0.15) is 5.82 Å². The number of carbonyl (C=O) groups excluding carboxylic acids is 1. The Bertz CT molecular complexity index is 1150. The summed E-state index contributed by atoms with van der Waals surface area (Å²) >= 11 is 0. The van der Waals surface area contributed by atoms with Crippen LogP contribution in [0.2, 0.25) is 0 Å². The Balaban J connectivity index is 1.41. The van der Waals surface area contributed by atoms with Crippen molar-refractivity contribution in [3.8, 4) is 11.4 Å². The number of anilines is 1. The molecule has 1 unspecified atom stereocenters. The molecule has 0 saturated heterocycles. The Morgan fingerprint density at radius 2 is 1.88 bits per heavy atom. The number of aryl methyl sites for hydroxylation is 2. The first-order chi connectivity index (χ1) is 16.2. The molecule has 0 fully saturated rings. The number of halogens is 3. The molecule has 1 atom stereocenters. The van der Waals surface area contributed by atoms with E-state index in [4.69, 9.17) is 4.98 Å². The normalized spacial score (nSPS) is 15.4. The van der Waals surface area contributed by atoms with Crippen LogP contribution in [0.1, 0.15) is 35.7 Å². The van der Waals surface area contributed by atoms with Crippen LogP contribution in [-0.4, -0.2) is 44.9 Å². The molecule has 6 nitrogen and oxygen atoms in total. The third kappa shape index (κ3) is 5.35. The van der Waals surface area contributed by atoms with Crippen LogP contribution >= 0.6 is 0 Å². The maximum atomic E-state index is 12.8. The van der Waals surface area contributed by atoms with Crippen molar-refractivity contribution >= 4 is 11.7 Å². The number of pyridine rings is 1. The van der Waals surface area contributed by atoms with Crippen molar-refractivity contribution in [2.24, 2.45) is 0 Å². The molecule has 0 saturated carbocycles. The molecule has 0 bridgehead atoms. The van der Waals surface area contributed by atoms with E-state index in [0.29, 0.717) is 24.5 Å². The summed E-state index contributed by atoms with van der Waals surface area (Å²) in [6.07, 6.45) is 0.726. The van der Waals surface area contributed by atoms with Crippen LogP contribution in [0.15, 0.2) is 48.8 Å². The van der Waals surface area contributed by atoms with E-state index in [0.717, 1.165) is 47.6 Å². The van der Waals surface area contributed by atoms with Gasteiger partial charge in [0, 0.05) is 37.1 Å². The van der Waals surface area contributed by atoms with Crippen molar-refractivity contribution in [1.29, 1.82) is 0 Å². The third-order valence-electron chi connectivity index (χ3n) is 6.01. The Hall–Kier alpha value is -3.49. The number of hydrogen-bond acceptors (Lipinski definition) is 5. The Labute approximate surface area is 196 Å². The fraction of sp³-hybridized carbons (Fsp3) is 0.360. The molecular formula is C25H26F3N5O. The highest BCUT2D eigenvalue weighted by molar-refractivity contribution is 5.79. The number of likely N-dealkylation sites (N-methyl/N-ethyl adjacent to an activating group) is 1. The number of nitrogens with one attached hydrogen (secondary N) is 1. The molecule has 1 aliphatic heterocycles. The molecule has 1 N–H and O–H groups in total. The van der Waals surface area contributed by atoms with Gasteiger partial charge in [-0.15, -0.1) is 0 Å². The van der Waals surface area contributed by atoms with Gasteiger partial charge in [0.05, 0.1) is 17.7 Å². The number of nitrogens with zero attached hydrogens (tertiary/aromatic N) is 4. The molecular weight excluding hydrogens is 443 g/mol. The maximum Gasteiger partial charge on any atom is 0.416 e. The standard InChI is InChI=1S/C25H26F3N5O/c1-3-33(22(34)13-17-5-8-19(9-6-17)25(26,27)28)15-20-10-7-18-14-21(16(2)31-23(18)32-20)24-29-11-4-12-30-24/h4-6,8-9,11-12,14,20H,3,7,10,13,15H2,1-2H3,(H,31,32). The topological polar surface area (TPSA) is 71.0 Å². The van der Waals surface area contributed by atoms with E-state index in [1.54, 1.807) is 23.4 Å². The predicted octanol–water partition coefficient (Wildman–Crippen LogP) is 4.68. The molecule has 3 aromatic rings. The highest BCUT2D eigenvalue weighted by Gasteiger charge is 2.30. The second-order valence-corrected chi connectivity index (χ2v) is 8.39. The zero-order valence-electron chi connectivity index (χ0n) is 19.1. The van der Waals surface area contributed by atoms with Gasteiger partial charge in [-0.05, 0) is 62.1 Å². The van der Waals surface area contributed by atoms with Gasteiger partial charge in [-0.25, -0.2) is 15.0 Å². The first-order valence-corrected chi connectivity index (χ1v) is 11.2. The highest BCUT2D eigenvalue weighted by atomic mass is 19.4. The number of amides is 1. The number of fused-ring (bicyclic) bond motifs is 1. The molecule has 3 heterocycles. The van der Waals surface area contributed by atoms with Crippen molar-refractivity contribution in [3.05, 3.63) is 71.2 Å². The predicted molar refractivity (Wildman–Crippen MR) is 123 cm³/mol. The smallest absolute Gasteiger partial charge is 0.365 e. The van der Waals surface area contributed by atoms with E-state index >= 15 is 0 Å². The second kappa shape index (κ2) is 9.79. The minimum atomic E-state index is -4.39. The number of rotatable bonds is 6. The van der Waals surface area contributed by atoms with E-state index in [9.17, 15) is 18.0 Å². The van der Waals surface area contributed by atoms with Crippen molar-refractivity contribution in [2.75, 3.05) is 18.4 Å². The van der Waals surface area contributed by atoms with E-state index in [1.807, 2.05) is 13.8 Å². The summed E-state index contributed by atoms with van der Waals surface area (Å²) in [5.41, 5.74) is 2.66. The molecule has 1 aliphatic rings. The minimum absolute atomic E-state index is 0.0368. The molecule has 1 aromatic carbocycles. The van der Waals surface area contributed by atoms with Crippen LogP contribution in [0, 0.1) is 6.92 Å². The number of alkyl halides is 3. The Morgan fingerprint density at radius 3 is 2.53 bits per heavy atom. The zero-order chi connectivity index (χ0) is 24.3. The van der Waals surface area contributed by atoms with E-state index < -0.39 is 11.7 Å². The average molecular weight is 470 g/mol. The lowest BCUT2D eigenvalue weighted by Gasteiger charge is -2.31. The number of carbonyl (C=O) groups is 1. The average Bonchev–Trinajstić information content (AvgIpc) is 2.82. The zero-order valence-corrected chi connectivity index (χ0v) is 19.1. The fourth-order valence-electron chi connectivity index (χ4n) is 4.13. The summed E-state index contributed by atoms with van der Waals surface area (Å²) in [7, 11) is 0. The lowest BCUT2D eigenvalue weighted by atomic mass is 9.98. The molecule has 0 radical (unpaired) electrons. The van der Waals surface area contributed by atoms with Crippen molar-refractivity contribution in [3.63, 3.8) is 0 Å². The number of hydrogen-bond donors (Lipinski definition) is 1. The molecule has 2 aromatic heterocycles. The number of aromatic nitrogens is 3. The van der Waals surface area contributed by atoms with Gasteiger partial charge in [0.15, 0.2) is 5.82 Å². The van der Waals surface area contributed by atoms with Gasteiger partial charge < -0.3 is 10.2 Å². The van der Waals surface area contributed by atoms with Gasteiger partial charge in [-0.2, -0.15) is 13.2 Å². The molecule has 9 heteroatoms. The molecule has 178 valence electrons. The molecule has 4 rings (SSSR count). The minimum Gasteiger partial charge on any atom is -0.365 e. The summed E-state index contributed by atoms with van der Waals surface area (Å²) in [6.45, 7) is 4.83. The lowest BCUT2D eigenvalue weighted by Crippen LogP contribution is -2.42. The Kier molecular flexibility index (Phi) is 6.81. The summed E-state index contributed by atoms with van der Waals surface area (Å²) < 4.78 is 38.3. The van der Waals surface area contributed by atoms with E-state index in [2.05, 4.69) is 21.4 Å². The SMILES string of the molecule is CCN(CC1CCc2cc(-c3ncccn3)c(C)nc2N1)C(=O)Cc1ccc(C(F)(F)F)cc1. The van der Waals surface area contributed by atoms with Crippen molar-refractivity contribution in [1.82, 2.24) is 19.9 Å². The fourth-order valence-corrected chi connectivity index (χ4v) is 4.13. The van der Waals surface area contributed by atoms with Crippen LogP contribution in [0.3, 0.4) is 0 Å². The summed E-state index contributed by atoms with van der Waals surface area (Å²) in [5, 5.41) is 3.45. The monoisotopic (exact) mass is 469 g/mol. The van der Waals surface area contributed by atoms with E-state index in [-0.39, 0.29) is 18.4 Å². The van der Waals surface area contributed by atoms with Crippen LogP contribution in [0.4, 0.5) is 19.0 Å². The van der Waals surface area contributed by atoms with Gasteiger partial charge in [-0.3, -0.25) is 4.79 Å². The van der Waals surface area contributed by atoms with Gasteiger partial charge >= 0.3 is 6.18 Å². The molecule has 0 spiro atoms. The maximum absolute atomic E-state index is 12.8. The lowest BCUT2D eigenvalue weighted by molar-refractivity contribution is -0.137.